The second-order valence-corrected chi connectivity index (χ2v) is 5.98. The highest BCUT2D eigenvalue weighted by molar-refractivity contribution is 7.52. The van der Waals surface area contributed by atoms with Gasteiger partial charge in [0.1, 0.15) is 5.75 Å². The van der Waals surface area contributed by atoms with Crippen LogP contribution >= 0.6 is 7.75 Å². The van der Waals surface area contributed by atoms with E-state index in [4.69, 9.17) is 14.6 Å². The van der Waals surface area contributed by atoms with Gasteiger partial charge in [0.25, 0.3) is 0 Å². The van der Waals surface area contributed by atoms with E-state index in [1.54, 1.807) is 19.1 Å². The van der Waals surface area contributed by atoms with E-state index in [-0.39, 0.29) is 6.61 Å². The van der Waals surface area contributed by atoms with Gasteiger partial charge in [-0.25, -0.2) is 4.57 Å². The molecule has 0 N–H and O–H groups in total. The molecule has 0 saturated heterocycles. The van der Waals surface area contributed by atoms with Crippen molar-refractivity contribution in [1.82, 2.24) is 0 Å². The Morgan fingerprint density at radius 3 is 2.50 bits per heavy atom. The molecule has 1 atom stereocenters. The summed E-state index contributed by atoms with van der Waals surface area (Å²) >= 11 is 0. The van der Waals surface area contributed by atoms with Crippen LogP contribution in [0.2, 0.25) is 0 Å². The van der Waals surface area contributed by atoms with Crippen molar-refractivity contribution in [3.05, 3.63) is 76.2 Å². The van der Waals surface area contributed by atoms with Crippen LogP contribution in [0, 0.1) is 0 Å². The summed E-state index contributed by atoms with van der Waals surface area (Å²) in [6.45, 7) is 1.77. The van der Waals surface area contributed by atoms with Gasteiger partial charge in [-0.15, -0.1) is 0 Å². The predicted molar refractivity (Wildman–Crippen MR) is 84.7 cm³/mol. The summed E-state index contributed by atoms with van der Waals surface area (Å²) in [5, 5.41) is 0. The van der Waals surface area contributed by atoms with Crippen molar-refractivity contribution < 1.29 is 13.6 Å². The van der Waals surface area contributed by atoms with Crippen molar-refractivity contribution in [2.75, 3.05) is 6.61 Å². The summed E-state index contributed by atoms with van der Waals surface area (Å²) in [6, 6.07) is 17.0. The maximum Gasteiger partial charge on any atom is 0.470 e. The molecule has 0 radical (unpaired) electrons. The molecule has 0 saturated carbocycles. The number of hydrogen-bond donors (Lipinski definition) is 0. The van der Waals surface area contributed by atoms with Gasteiger partial charge in [0.15, 0.2) is 0 Å². The average Bonchev–Trinajstić information content (AvgIpc) is 2.51. The third-order valence-corrected chi connectivity index (χ3v) is 4.18. The molecule has 0 aromatic heterocycles. The van der Waals surface area contributed by atoms with E-state index < -0.39 is 7.75 Å². The summed E-state index contributed by atoms with van der Waals surface area (Å²) in [5.74, 6) is 0.385. The SMILES string of the molecule is CCOP(=O)(N=[N+]=[N-])Oc1ccccc1Cc1ccccc1. The number of nitrogens with zero attached hydrogens (tertiary/aromatic N) is 3. The highest BCUT2D eigenvalue weighted by Gasteiger charge is 2.25. The maximum absolute atomic E-state index is 12.3. The molecule has 0 aliphatic rings. The Bertz CT molecular complexity index is 715. The second kappa shape index (κ2) is 7.66. The van der Waals surface area contributed by atoms with Crippen molar-refractivity contribution in [2.24, 2.45) is 4.88 Å². The monoisotopic (exact) mass is 317 g/mol. The molecular formula is C15H16N3O3P. The van der Waals surface area contributed by atoms with E-state index in [0.717, 1.165) is 11.1 Å². The van der Waals surface area contributed by atoms with Crippen LogP contribution in [0.3, 0.4) is 0 Å². The normalized spacial score (nSPS) is 13.0. The standard InChI is InChI=1S/C15H16N3O3P/c1-2-20-22(19,18-17-16)21-15-11-7-6-10-14(15)12-13-8-4-3-5-9-13/h3-11H,2,12H2,1H3. The lowest BCUT2D eigenvalue weighted by Crippen LogP contribution is -1.99. The number of para-hydroxylation sites is 1. The third kappa shape index (κ3) is 4.37. The molecule has 7 heteroatoms. The van der Waals surface area contributed by atoms with Crippen LogP contribution in [0.4, 0.5) is 0 Å². The van der Waals surface area contributed by atoms with Gasteiger partial charge in [-0.1, -0.05) is 48.5 Å². The minimum atomic E-state index is -3.86. The Morgan fingerprint density at radius 1 is 1.14 bits per heavy atom. The number of azide groups is 1. The van der Waals surface area contributed by atoms with Crippen LogP contribution in [0.5, 0.6) is 5.75 Å². The first-order chi connectivity index (χ1) is 10.7. The lowest BCUT2D eigenvalue weighted by Gasteiger charge is -2.16. The molecule has 0 bridgehead atoms. The molecule has 114 valence electrons. The van der Waals surface area contributed by atoms with Gasteiger partial charge < -0.3 is 4.52 Å². The Balaban J connectivity index is 2.28. The van der Waals surface area contributed by atoms with E-state index >= 15 is 0 Å². The smallest absolute Gasteiger partial charge is 0.420 e. The maximum atomic E-state index is 12.3. The number of hydrogen-bond acceptors (Lipinski definition) is 3. The van der Waals surface area contributed by atoms with E-state index in [1.807, 2.05) is 42.5 Å². The van der Waals surface area contributed by atoms with Crippen molar-refractivity contribution in [1.29, 1.82) is 0 Å². The van der Waals surface area contributed by atoms with Gasteiger partial charge in [-0.3, -0.25) is 4.52 Å². The average molecular weight is 317 g/mol. The highest BCUT2D eigenvalue weighted by atomic mass is 31.2. The van der Waals surface area contributed by atoms with E-state index in [9.17, 15) is 4.57 Å². The molecule has 0 amide bonds. The van der Waals surface area contributed by atoms with E-state index in [0.29, 0.717) is 12.2 Å². The lowest BCUT2D eigenvalue weighted by atomic mass is 10.0. The minimum absolute atomic E-state index is 0.122. The van der Waals surface area contributed by atoms with Gasteiger partial charge in [-0.05, 0) is 29.6 Å². The molecule has 0 aliphatic carbocycles. The van der Waals surface area contributed by atoms with Gasteiger partial charge in [0.05, 0.1) is 6.61 Å². The molecule has 2 rings (SSSR count). The van der Waals surface area contributed by atoms with Crippen LogP contribution < -0.4 is 4.52 Å². The van der Waals surface area contributed by atoms with Crippen LogP contribution in [0.25, 0.3) is 10.4 Å². The Hall–Kier alpha value is -2.26. The highest BCUT2D eigenvalue weighted by Crippen LogP contribution is 2.50. The van der Waals surface area contributed by atoms with Crippen LogP contribution in [-0.2, 0) is 15.5 Å². The zero-order valence-corrected chi connectivity index (χ0v) is 13.0. The van der Waals surface area contributed by atoms with E-state index in [1.165, 1.54) is 0 Å². The largest absolute Gasteiger partial charge is 0.470 e. The minimum Gasteiger partial charge on any atom is -0.420 e. The predicted octanol–water partition coefficient (Wildman–Crippen LogP) is 5.11. The van der Waals surface area contributed by atoms with Crippen molar-refractivity contribution >= 4 is 7.75 Å². The molecular weight excluding hydrogens is 301 g/mol. The van der Waals surface area contributed by atoms with Gasteiger partial charge in [-0.2, -0.15) is 0 Å². The van der Waals surface area contributed by atoms with Gasteiger partial charge >= 0.3 is 7.75 Å². The first-order valence-electron chi connectivity index (χ1n) is 6.79. The summed E-state index contributed by atoms with van der Waals surface area (Å²) in [7, 11) is -3.86. The molecule has 0 aliphatic heterocycles. The fourth-order valence-corrected chi connectivity index (χ4v) is 2.95. The van der Waals surface area contributed by atoms with Crippen LogP contribution in [-0.4, -0.2) is 6.61 Å². The Kier molecular flexibility index (Phi) is 5.61. The number of rotatable bonds is 7. The number of benzene rings is 2. The molecule has 2 aromatic carbocycles. The molecule has 0 fully saturated rings. The third-order valence-electron chi connectivity index (χ3n) is 2.87. The molecule has 1 unspecified atom stereocenters. The van der Waals surface area contributed by atoms with E-state index in [2.05, 4.69) is 9.80 Å². The first-order valence-corrected chi connectivity index (χ1v) is 8.29. The summed E-state index contributed by atoms with van der Waals surface area (Å²) in [6.07, 6.45) is 0.611. The zero-order valence-electron chi connectivity index (χ0n) is 12.1. The Labute approximate surface area is 128 Å². The lowest BCUT2D eigenvalue weighted by molar-refractivity contribution is 0.279. The summed E-state index contributed by atoms with van der Waals surface area (Å²) < 4.78 is 22.7. The Morgan fingerprint density at radius 2 is 1.82 bits per heavy atom. The molecule has 22 heavy (non-hydrogen) atoms. The van der Waals surface area contributed by atoms with Gasteiger partial charge in [0.2, 0.25) is 0 Å². The zero-order chi connectivity index (χ0) is 15.8. The second-order valence-electron chi connectivity index (χ2n) is 4.43. The molecule has 0 spiro atoms. The van der Waals surface area contributed by atoms with Crippen LogP contribution in [0.1, 0.15) is 18.1 Å². The fourth-order valence-electron chi connectivity index (χ4n) is 1.96. The quantitative estimate of drug-likeness (QED) is 0.308. The molecule has 0 heterocycles. The van der Waals surface area contributed by atoms with Gasteiger partial charge in [0, 0.05) is 16.2 Å². The van der Waals surface area contributed by atoms with Crippen molar-refractivity contribution in [3.8, 4) is 5.75 Å². The molecule has 2 aromatic rings. The van der Waals surface area contributed by atoms with Crippen LogP contribution in [0.15, 0.2) is 59.5 Å². The molecule has 6 nitrogen and oxygen atoms in total. The van der Waals surface area contributed by atoms with Crippen molar-refractivity contribution in [3.63, 3.8) is 0 Å². The van der Waals surface area contributed by atoms with Crippen molar-refractivity contribution in [2.45, 2.75) is 13.3 Å². The fraction of sp³-hybridized carbons (Fsp3) is 0.200. The summed E-state index contributed by atoms with van der Waals surface area (Å²) in [4.78, 5) is 5.73. The summed E-state index contributed by atoms with van der Waals surface area (Å²) in [5.41, 5.74) is 10.5. The first kappa shape index (κ1) is 16.1. The topological polar surface area (TPSA) is 84.3 Å².